The van der Waals surface area contributed by atoms with Gasteiger partial charge in [-0.2, -0.15) is 0 Å². The molecule has 0 aliphatic rings. The molecule has 2 amide bonds. The van der Waals surface area contributed by atoms with E-state index in [4.69, 9.17) is 0 Å². The number of nitrogens with one attached hydrogen (secondary N) is 1. The van der Waals surface area contributed by atoms with Gasteiger partial charge >= 0.3 is 0 Å². The molecule has 0 saturated heterocycles. The Balaban J connectivity index is 2.15. The van der Waals surface area contributed by atoms with Gasteiger partial charge in [-0.15, -0.1) is 0 Å². The number of carbonyl (C=O) groups is 2. The molecule has 0 unspecified atom stereocenters. The van der Waals surface area contributed by atoms with Gasteiger partial charge in [-0.25, -0.2) is 0 Å². The second-order valence-electron chi connectivity index (χ2n) is 4.46. The summed E-state index contributed by atoms with van der Waals surface area (Å²) in [6.07, 6.45) is 0. The Morgan fingerprint density at radius 1 is 0.950 bits per heavy atom. The Morgan fingerprint density at radius 3 is 2.10 bits per heavy atom. The van der Waals surface area contributed by atoms with Crippen LogP contribution in [0.1, 0.15) is 17.3 Å². The first kappa shape index (κ1) is 13.8. The molecule has 0 radical (unpaired) electrons. The molecule has 1 N–H and O–H groups in total. The zero-order chi connectivity index (χ0) is 14.5. The summed E-state index contributed by atoms with van der Waals surface area (Å²) >= 11 is 0. The molecule has 0 spiro atoms. The number of hydrogen-bond acceptors (Lipinski definition) is 2. The van der Waals surface area contributed by atoms with Crippen LogP contribution in [0.2, 0.25) is 0 Å². The van der Waals surface area contributed by atoms with E-state index < -0.39 is 0 Å². The predicted molar refractivity (Wildman–Crippen MR) is 79.9 cm³/mol. The lowest BCUT2D eigenvalue weighted by Gasteiger charge is -2.17. The maximum atomic E-state index is 12.3. The first-order chi connectivity index (χ1) is 9.58. The van der Waals surface area contributed by atoms with Crippen molar-refractivity contribution in [3.05, 3.63) is 60.2 Å². The van der Waals surface area contributed by atoms with Crippen molar-refractivity contribution in [2.24, 2.45) is 0 Å². The van der Waals surface area contributed by atoms with Crippen LogP contribution in [0.15, 0.2) is 54.6 Å². The third-order valence-corrected chi connectivity index (χ3v) is 2.90. The Labute approximate surface area is 118 Å². The van der Waals surface area contributed by atoms with E-state index in [1.54, 1.807) is 48.3 Å². The van der Waals surface area contributed by atoms with Gasteiger partial charge < -0.3 is 10.2 Å². The quantitative estimate of drug-likeness (QED) is 0.930. The van der Waals surface area contributed by atoms with E-state index >= 15 is 0 Å². The molecule has 0 aliphatic heterocycles. The lowest BCUT2D eigenvalue weighted by atomic mass is 10.2. The number of nitrogens with zero attached hydrogens (tertiary/aromatic N) is 1. The monoisotopic (exact) mass is 268 g/mol. The van der Waals surface area contributed by atoms with Crippen LogP contribution >= 0.6 is 0 Å². The third-order valence-electron chi connectivity index (χ3n) is 2.90. The molecule has 0 fully saturated rings. The highest BCUT2D eigenvalue weighted by Gasteiger charge is 2.12. The lowest BCUT2D eigenvalue weighted by Crippen LogP contribution is -2.26. The smallest absolute Gasteiger partial charge is 0.258 e. The standard InChI is InChI=1S/C16H16N2O2/c1-12(19)17-14-8-10-15(11-9-14)18(2)16(20)13-6-4-3-5-7-13/h3-11H,1-2H3,(H,17,19). The normalized spacial score (nSPS) is 9.90. The topological polar surface area (TPSA) is 49.4 Å². The number of benzene rings is 2. The minimum Gasteiger partial charge on any atom is -0.326 e. The zero-order valence-electron chi connectivity index (χ0n) is 11.5. The number of anilines is 2. The molecule has 0 bridgehead atoms. The number of carbonyl (C=O) groups excluding carboxylic acids is 2. The molecule has 20 heavy (non-hydrogen) atoms. The van der Waals surface area contributed by atoms with Crippen molar-refractivity contribution >= 4 is 23.2 Å². The van der Waals surface area contributed by atoms with Crippen LogP contribution in [0.4, 0.5) is 11.4 Å². The van der Waals surface area contributed by atoms with Crippen molar-refractivity contribution in [1.29, 1.82) is 0 Å². The third kappa shape index (κ3) is 3.23. The summed E-state index contributed by atoms with van der Waals surface area (Å²) in [5, 5.41) is 2.69. The fourth-order valence-electron chi connectivity index (χ4n) is 1.86. The lowest BCUT2D eigenvalue weighted by molar-refractivity contribution is -0.114. The average Bonchev–Trinajstić information content (AvgIpc) is 2.47. The molecule has 4 nitrogen and oxygen atoms in total. The number of rotatable bonds is 3. The Kier molecular flexibility index (Phi) is 4.15. The molecule has 102 valence electrons. The van der Waals surface area contributed by atoms with Crippen LogP contribution in [0, 0.1) is 0 Å². The fraction of sp³-hybridized carbons (Fsp3) is 0.125. The first-order valence-electron chi connectivity index (χ1n) is 6.28. The van der Waals surface area contributed by atoms with Crippen molar-refractivity contribution in [3.63, 3.8) is 0 Å². The Morgan fingerprint density at radius 2 is 1.55 bits per heavy atom. The summed E-state index contributed by atoms with van der Waals surface area (Å²) in [6, 6.07) is 16.2. The molecule has 0 heterocycles. The summed E-state index contributed by atoms with van der Waals surface area (Å²) in [5.74, 6) is -0.190. The molecule has 0 saturated carbocycles. The van der Waals surface area contributed by atoms with Crippen LogP contribution in [0.5, 0.6) is 0 Å². The van der Waals surface area contributed by atoms with Crippen molar-refractivity contribution in [1.82, 2.24) is 0 Å². The van der Waals surface area contributed by atoms with Gasteiger partial charge in [-0.3, -0.25) is 9.59 Å². The minimum absolute atomic E-state index is 0.0714. The van der Waals surface area contributed by atoms with Crippen molar-refractivity contribution < 1.29 is 9.59 Å². The molecule has 2 aromatic rings. The second kappa shape index (κ2) is 6.02. The summed E-state index contributed by atoms with van der Waals surface area (Å²) < 4.78 is 0. The second-order valence-corrected chi connectivity index (χ2v) is 4.46. The van der Waals surface area contributed by atoms with Gasteiger partial charge in [-0.1, -0.05) is 18.2 Å². The number of amides is 2. The highest BCUT2D eigenvalue weighted by Crippen LogP contribution is 2.18. The van der Waals surface area contributed by atoms with Gasteiger partial charge in [0, 0.05) is 30.9 Å². The van der Waals surface area contributed by atoms with Crippen LogP contribution in [0.25, 0.3) is 0 Å². The molecule has 0 aromatic heterocycles. The van der Waals surface area contributed by atoms with Crippen molar-refractivity contribution in [2.45, 2.75) is 6.92 Å². The SMILES string of the molecule is CC(=O)Nc1ccc(N(C)C(=O)c2ccccc2)cc1. The van der Waals surface area contributed by atoms with Gasteiger partial charge in [0.1, 0.15) is 0 Å². The van der Waals surface area contributed by atoms with Crippen LogP contribution in [-0.4, -0.2) is 18.9 Å². The van der Waals surface area contributed by atoms with Crippen LogP contribution < -0.4 is 10.2 Å². The fourth-order valence-corrected chi connectivity index (χ4v) is 1.86. The van der Waals surface area contributed by atoms with Gasteiger partial charge in [-0.05, 0) is 36.4 Å². The summed E-state index contributed by atoms with van der Waals surface area (Å²) in [4.78, 5) is 24.8. The Hall–Kier alpha value is -2.62. The summed E-state index contributed by atoms with van der Waals surface area (Å²) in [5.41, 5.74) is 2.12. The highest BCUT2D eigenvalue weighted by atomic mass is 16.2. The summed E-state index contributed by atoms with van der Waals surface area (Å²) in [7, 11) is 1.72. The van der Waals surface area contributed by atoms with E-state index in [-0.39, 0.29) is 11.8 Å². The molecular weight excluding hydrogens is 252 g/mol. The van der Waals surface area contributed by atoms with E-state index in [0.717, 1.165) is 5.69 Å². The first-order valence-corrected chi connectivity index (χ1v) is 6.28. The molecule has 0 aliphatic carbocycles. The molecule has 4 heteroatoms. The van der Waals surface area contributed by atoms with Gasteiger partial charge in [0.2, 0.25) is 5.91 Å². The van der Waals surface area contributed by atoms with Crippen LogP contribution in [0.3, 0.4) is 0 Å². The van der Waals surface area contributed by atoms with Gasteiger partial charge in [0.15, 0.2) is 0 Å². The van der Waals surface area contributed by atoms with E-state index in [0.29, 0.717) is 11.3 Å². The Bertz CT molecular complexity index is 606. The van der Waals surface area contributed by atoms with Gasteiger partial charge in [0.25, 0.3) is 5.91 Å². The van der Waals surface area contributed by atoms with E-state index in [9.17, 15) is 9.59 Å². The number of hydrogen-bond donors (Lipinski definition) is 1. The zero-order valence-corrected chi connectivity index (χ0v) is 11.5. The minimum atomic E-state index is -0.119. The van der Waals surface area contributed by atoms with Gasteiger partial charge in [0.05, 0.1) is 0 Å². The molecular formula is C16H16N2O2. The summed E-state index contributed by atoms with van der Waals surface area (Å²) in [6.45, 7) is 1.46. The van der Waals surface area contributed by atoms with Crippen LogP contribution in [-0.2, 0) is 4.79 Å². The van der Waals surface area contributed by atoms with E-state index in [2.05, 4.69) is 5.32 Å². The largest absolute Gasteiger partial charge is 0.326 e. The van der Waals surface area contributed by atoms with E-state index in [1.165, 1.54) is 6.92 Å². The average molecular weight is 268 g/mol. The maximum absolute atomic E-state index is 12.3. The molecule has 0 atom stereocenters. The van der Waals surface area contributed by atoms with Crippen molar-refractivity contribution in [2.75, 3.05) is 17.3 Å². The highest BCUT2D eigenvalue weighted by molar-refractivity contribution is 6.05. The molecule has 2 aromatic carbocycles. The van der Waals surface area contributed by atoms with Crippen molar-refractivity contribution in [3.8, 4) is 0 Å². The maximum Gasteiger partial charge on any atom is 0.258 e. The van der Waals surface area contributed by atoms with E-state index in [1.807, 2.05) is 18.2 Å². The predicted octanol–water partition coefficient (Wildman–Crippen LogP) is 2.92. The molecule has 2 rings (SSSR count).